The quantitative estimate of drug-likeness (QED) is 0.696. The third-order valence-corrected chi connectivity index (χ3v) is 3.08. The first-order chi connectivity index (χ1) is 7.09. The molecule has 1 aliphatic carbocycles. The predicted molar refractivity (Wildman–Crippen MR) is 56.4 cm³/mol. The molecule has 0 aliphatic heterocycles. The topological polar surface area (TPSA) is 66.4 Å². The highest BCUT2D eigenvalue weighted by Crippen LogP contribution is 2.30. The standard InChI is InChI=1S/C11H19NO3/c1-8-3-2-4-9(7-8)5-6-12-10(13)11(14)15/h8-9H,2-7H2,1H3,(H,12,13)(H,14,15). The first kappa shape index (κ1) is 12.0. The lowest BCUT2D eigenvalue weighted by molar-refractivity contribution is -0.150. The van der Waals surface area contributed by atoms with Gasteiger partial charge in [0.1, 0.15) is 0 Å². The van der Waals surface area contributed by atoms with Gasteiger partial charge in [0.15, 0.2) is 0 Å². The van der Waals surface area contributed by atoms with Crippen LogP contribution in [0.4, 0.5) is 0 Å². The Balaban J connectivity index is 2.14. The Morgan fingerprint density at radius 3 is 2.73 bits per heavy atom. The molecule has 1 fully saturated rings. The van der Waals surface area contributed by atoms with E-state index in [0.29, 0.717) is 12.5 Å². The van der Waals surface area contributed by atoms with Crippen molar-refractivity contribution in [1.82, 2.24) is 5.32 Å². The van der Waals surface area contributed by atoms with Crippen molar-refractivity contribution in [1.29, 1.82) is 0 Å². The predicted octanol–water partition coefficient (Wildman–Crippen LogP) is 1.40. The van der Waals surface area contributed by atoms with Gasteiger partial charge < -0.3 is 10.4 Å². The molecule has 1 amide bonds. The van der Waals surface area contributed by atoms with Gasteiger partial charge in [0.2, 0.25) is 0 Å². The van der Waals surface area contributed by atoms with Crippen LogP contribution in [0, 0.1) is 11.8 Å². The van der Waals surface area contributed by atoms with Gasteiger partial charge in [0.25, 0.3) is 0 Å². The van der Waals surface area contributed by atoms with Crippen molar-refractivity contribution in [2.45, 2.75) is 39.0 Å². The Morgan fingerprint density at radius 1 is 1.40 bits per heavy atom. The maximum atomic E-state index is 10.7. The summed E-state index contributed by atoms with van der Waals surface area (Å²) in [6.07, 6.45) is 5.90. The smallest absolute Gasteiger partial charge is 0.394 e. The van der Waals surface area contributed by atoms with Crippen molar-refractivity contribution in [2.24, 2.45) is 11.8 Å². The lowest BCUT2D eigenvalue weighted by Gasteiger charge is -2.26. The number of amides is 1. The summed E-state index contributed by atoms with van der Waals surface area (Å²) in [5.74, 6) is -0.854. The van der Waals surface area contributed by atoms with E-state index in [1.54, 1.807) is 0 Å². The lowest BCUT2D eigenvalue weighted by Crippen LogP contribution is -2.32. The molecule has 0 aromatic carbocycles. The molecule has 0 aromatic rings. The van der Waals surface area contributed by atoms with Crippen LogP contribution in [-0.2, 0) is 9.59 Å². The molecule has 1 saturated carbocycles. The number of nitrogens with one attached hydrogen (secondary N) is 1. The molecule has 2 atom stereocenters. The molecule has 0 spiro atoms. The maximum absolute atomic E-state index is 10.7. The molecule has 0 radical (unpaired) electrons. The summed E-state index contributed by atoms with van der Waals surface area (Å²) in [4.78, 5) is 21.0. The van der Waals surface area contributed by atoms with E-state index in [0.717, 1.165) is 12.3 Å². The van der Waals surface area contributed by atoms with Gasteiger partial charge in [-0.2, -0.15) is 0 Å². The summed E-state index contributed by atoms with van der Waals surface area (Å²) < 4.78 is 0. The van der Waals surface area contributed by atoms with Crippen molar-refractivity contribution in [3.8, 4) is 0 Å². The second-order valence-corrected chi connectivity index (χ2v) is 4.49. The van der Waals surface area contributed by atoms with Crippen molar-refractivity contribution in [3.05, 3.63) is 0 Å². The molecule has 4 heteroatoms. The maximum Gasteiger partial charge on any atom is 0.394 e. The first-order valence-corrected chi connectivity index (χ1v) is 5.60. The highest BCUT2D eigenvalue weighted by atomic mass is 16.4. The highest BCUT2D eigenvalue weighted by molar-refractivity contribution is 6.31. The van der Waals surface area contributed by atoms with Crippen LogP contribution in [0.2, 0.25) is 0 Å². The van der Waals surface area contributed by atoms with Gasteiger partial charge in [-0.1, -0.05) is 26.2 Å². The van der Waals surface area contributed by atoms with Crippen LogP contribution in [0.5, 0.6) is 0 Å². The Hall–Kier alpha value is -1.06. The minimum atomic E-state index is -1.40. The van der Waals surface area contributed by atoms with Gasteiger partial charge in [0, 0.05) is 6.54 Å². The zero-order valence-corrected chi connectivity index (χ0v) is 9.16. The fraction of sp³-hybridized carbons (Fsp3) is 0.818. The molecule has 86 valence electrons. The van der Waals surface area contributed by atoms with E-state index in [2.05, 4.69) is 12.2 Å². The number of hydrogen-bond acceptors (Lipinski definition) is 2. The van der Waals surface area contributed by atoms with Gasteiger partial charge in [-0.05, 0) is 24.7 Å². The largest absolute Gasteiger partial charge is 0.474 e. The molecule has 1 aliphatic rings. The van der Waals surface area contributed by atoms with Crippen LogP contribution in [0.15, 0.2) is 0 Å². The van der Waals surface area contributed by atoms with Gasteiger partial charge in [-0.3, -0.25) is 4.79 Å². The Labute approximate surface area is 90.0 Å². The Bertz CT molecular complexity index is 240. The van der Waals surface area contributed by atoms with E-state index in [1.807, 2.05) is 0 Å². The molecule has 0 saturated heterocycles. The zero-order valence-electron chi connectivity index (χ0n) is 9.16. The number of carbonyl (C=O) groups excluding carboxylic acids is 1. The van der Waals surface area contributed by atoms with Gasteiger partial charge in [-0.25, -0.2) is 4.79 Å². The third kappa shape index (κ3) is 4.32. The molecular weight excluding hydrogens is 194 g/mol. The van der Waals surface area contributed by atoms with Crippen LogP contribution in [0.1, 0.15) is 39.0 Å². The molecule has 15 heavy (non-hydrogen) atoms. The first-order valence-electron chi connectivity index (χ1n) is 5.60. The van der Waals surface area contributed by atoms with E-state index in [4.69, 9.17) is 5.11 Å². The average Bonchev–Trinajstić information content (AvgIpc) is 2.17. The summed E-state index contributed by atoms with van der Waals surface area (Å²) in [6.45, 7) is 2.74. The number of rotatable bonds is 3. The molecule has 2 N–H and O–H groups in total. The van der Waals surface area contributed by atoms with E-state index in [1.165, 1.54) is 25.7 Å². The molecular formula is C11H19NO3. The lowest BCUT2D eigenvalue weighted by atomic mass is 9.81. The zero-order chi connectivity index (χ0) is 11.3. The second kappa shape index (κ2) is 5.73. The van der Waals surface area contributed by atoms with Crippen LogP contribution >= 0.6 is 0 Å². The molecule has 0 heterocycles. The second-order valence-electron chi connectivity index (χ2n) is 4.49. The SMILES string of the molecule is CC1CCCC(CCNC(=O)C(=O)O)C1. The van der Waals surface area contributed by atoms with Crippen LogP contribution < -0.4 is 5.32 Å². The minimum absolute atomic E-state index is 0.489. The molecule has 1 rings (SSSR count). The van der Waals surface area contributed by atoms with Crippen molar-refractivity contribution in [2.75, 3.05) is 6.54 Å². The van der Waals surface area contributed by atoms with Crippen LogP contribution in [-0.4, -0.2) is 23.5 Å². The summed E-state index contributed by atoms with van der Waals surface area (Å²) in [6, 6.07) is 0. The normalized spacial score (nSPS) is 25.9. The number of carbonyl (C=O) groups is 2. The number of carboxylic acids is 1. The Kier molecular flexibility index (Phi) is 4.59. The van der Waals surface area contributed by atoms with Crippen LogP contribution in [0.25, 0.3) is 0 Å². The van der Waals surface area contributed by atoms with Gasteiger partial charge in [0.05, 0.1) is 0 Å². The molecule has 2 unspecified atom stereocenters. The minimum Gasteiger partial charge on any atom is -0.474 e. The van der Waals surface area contributed by atoms with Gasteiger partial charge >= 0.3 is 11.9 Å². The van der Waals surface area contributed by atoms with Crippen molar-refractivity contribution in [3.63, 3.8) is 0 Å². The van der Waals surface area contributed by atoms with Crippen molar-refractivity contribution >= 4 is 11.9 Å². The summed E-state index contributed by atoms with van der Waals surface area (Å²) in [7, 11) is 0. The summed E-state index contributed by atoms with van der Waals surface area (Å²) >= 11 is 0. The van der Waals surface area contributed by atoms with E-state index < -0.39 is 11.9 Å². The average molecular weight is 213 g/mol. The van der Waals surface area contributed by atoms with E-state index in [9.17, 15) is 9.59 Å². The molecule has 0 bridgehead atoms. The fourth-order valence-corrected chi connectivity index (χ4v) is 2.29. The van der Waals surface area contributed by atoms with Gasteiger partial charge in [-0.15, -0.1) is 0 Å². The summed E-state index contributed by atoms with van der Waals surface area (Å²) in [5, 5.41) is 10.8. The monoisotopic (exact) mass is 213 g/mol. The third-order valence-electron chi connectivity index (χ3n) is 3.08. The number of carboxylic acid groups (broad SMARTS) is 1. The van der Waals surface area contributed by atoms with E-state index >= 15 is 0 Å². The molecule has 4 nitrogen and oxygen atoms in total. The number of aliphatic carboxylic acids is 1. The van der Waals surface area contributed by atoms with Crippen LogP contribution in [0.3, 0.4) is 0 Å². The van der Waals surface area contributed by atoms with Crippen molar-refractivity contribution < 1.29 is 14.7 Å². The number of hydrogen-bond donors (Lipinski definition) is 2. The summed E-state index contributed by atoms with van der Waals surface area (Å²) in [5.41, 5.74) is 0. The molecule has 0 aromatic heterocycles. The fourth-order valence-electron chi connectivity index (χ4n) is 2.29. The van der Waals surface area contributed by atoms with E-state index in [-0.39, 0.29) is 0 Å². The Morgan fingerprint density at radius 2 is 2.13 bits per heavy atom. The highest BCUT2D eigenvalue weighted by Gasteiger charge is 2.19.